The van der Waals surface area contributed by atoms with Crippen LogP contribution in [0.2, 0.25) is 0 Å². The highest BCUT2D eigenvalue weighted by molar-refractivity contribution is 6.43. The molecule has 1 unspecified atom stereocenters. The molecule has 1 aromatic rings. The summed E-state index contributed by atoms with van der Waals surface area (Å²) < 4.78 is 15.7. The maximum atomic E-state index is 12.5. The second-order valence-corrected chi connectivity index (χ2v) is 10.1. The van der Waals surface area contributed by atoms with E-state index in [1.165, 1.54) is 11.8 Å². The van der Waals surface area contributed by atoms with E-state index < -0.39 is 37.1 Å². The molecule has 1 saturated heterocycles. The van der Waals surface area contributed by atoms with Gasteiger partial charge in [0, 0.05) is 19.6 Å². The number of likely N-dealkylation sites (tertiary alicyclic amines) is 1. The van der Waals surface area contributed by atoms with Crippen molar-refractivity contribution >= 4 is 36.9 Å². The molecule has 0 aromatic heterocycles. The van der Waals surface area contributed by atoms with Crippen LogP contribution in [0.1, 0.15) is 38.2 Å². The summed E-state index contributed by atoms with van der Waals surface area (Å²) >= 11 is 0. The van der Waals surface area contributed by atoms with Gasteiger partial charge in [-0.3, -0.25) is 24.7 Å². The summed E-state index contributed by atoms with van der Waals surface area (Å²) in [6, 6.07) is 7.60. The van der Waals surface area contributed by atoms with Gasteiger partial charge in [-0.25, -0.2) is 4.79 Å². The van der Waals surface area contributed by atoms with Gasteiger partial charge >= 0.3 is 13.2 Å². The topological polar surface area (TPSA) is 240 Å². The molecule has 2 rings (SSSR count). The van der Waals surface area contributed by atoms with Crippen molar-refractivity contribution in [1.82, 2.24) is 20.9 Å². The molecule has 44 heavy (non-hydrogen) atoms. The smallest absolute Gasteiger partial charge is 0.444 e. The summed E-state index contributed by atoms with van der Waals surface area (Å²) in [5.74, 6) is -1.99. The van der Waals surface area contributed by atoms with Gasteiger partial charge in [0.15, 0.2) is 5.96 Å². The fraction of sp³-hybridized carbons (Fsp3) is 0.593. The molecule has 0 saturated carbocycles. The molecule has 1 heterocycles. The van der Waals surface area contributed by atoms with Crippen molar-refractivity contribution in [1.29, 1.82) is 0 Å². The van der Waals surface area contributed by atoms with E-state index in [1.54, 1.807) is 0 Å². The first-order chi connectivity index (χ1) is 21.1. The maximum absolute atomic E-state index is 12.5. The number of alkyl carbamates (subject to hydrolysis) is 1. The van der Waals surface area contributed by atoms with Crippen LogP contribution < -0.4 is 27.4 Å². The number of hydrogen-bond acceptors (Lipinski definition) is 11. The number of ether oxygens (including phenoxy) is 3. The van der Waals surface area contributed by atoms with Crippen molar-refractivity contribution in [3.63, 3.8) is 0 Å². The number of nitrogens with zero attached hydrogens (tertiary/aromatic N) is 2. The van der Waals surface area contributed by atoms with Gasteiger partial charge in [0.25, 0.3) is 0 Å². The average molecular weight is 622 g/mol. The third-order valence-corrected chi connectivity index (χ3v) is 6.56. The molecule has 244 valence electrons. The number of aliphatic imine (C=N–C) groups is 1. The molecule has 1 aliphatic heterocycles. The second kappa shape index (κ2) is 20.2. The normalized spacial score (nSPS) is 16.1. The van der Waals surface area contributed by atoms with E-state index in [2.05, 4.69) is 20.9 Å². The largest absolute Gasteiger partial charge is 0.475 e. The fourth-order valence-corrected chi connectivity index (χ4v) is 4.28. The Kier molecular flexibility index (Phi) is 16.8. The second-order valence-electron chi connectivity index (χ2n) is 10.1. The van der Waals surface area contributed by atoms with Gasteiger partial charge in [0.2, 0.25) is 17.7 Å². The Morgan fingerprint density at radius 3 is 2.59 bits per heavy atom. The Morgan fingerprint density at radius 1 is 1.14 bits per heavy atom. The molecule has 0 bridgehead atoms. The van der Waals surface area contributed by atoms with Crippen LogP contribution in [0, 0.1) is 0 Å². The van der Waals surface area contributed by atoms with E-state index in [0.29, 0.717) is 32.2 Å². The van der Waals surface area contributed by atoms with Gasteiger partial charge in [-0.15, -0.1) is 0 Å². The van der Waals surface area contributed by atoms with E-state index in [1.807, 2.05) is 30.3 Å². The molecular formula is C27H44BN7O9. The quantitative estimate of drug-likeness (QED) is 0.0409. The molecule has 1 aliphatic rings. The number of rotatable bonds is 18. The lowest BCUT2D eigenvalue weighted by atomic mass is 9.78. The zero-order valence-corrected chi connectivity index (χ0v) is 25.0. The monoisotopic (exact) mass is 621 g/mol. The predicted molar refractivity (Wildman–Crippen MR) is 161 cm³/mol. The minimum atomic E-state index is -1.62. The summed E-state index contributed by atoms with van der Waals surface area (Å²) in [4.78, 5) is 53.9. The van der Waals surface area contributed by atoms with Gasteiger partial charge in [0.05, 0.1) is 31.8 Å². The molecule has 0 radical (unpaired) electrons. The molecule has 0 spiro atoms. The number of hydrogen-bond donors (Lipinski definition) is 7. The molecule has 1 fully saturated rings. The fourth-order valence-electron chi connectivity index (χ4n) is 4.28. The molecule has 9 N–H and O–H groups in total. The SMILES string of the molecule is C[C@@H](NC(=O)COCCOCCNC(=O)[C@@H](N)CCCN=C(N)NC(=O)OCc1ccccc1)C(=O)N1CCCC1B(O)O. The van der Waals surface area contributed by atoms with Gasteiger partial charge in [0.1, 0.15) is 19.3 Å². The molecule has 3 atom stereocenters. The van der Waals surface area contributed by atoms with Crippen molar-refractivity contribution < 1.29 is 43.4 Å². The van der Waals surface area contributed by atoms with Crippen LogP contribution in [0.4, 0.5) is 4.79 Å². The number of nitrogens with two attached hydrogens (primary N) is 2. The van der Waals surface area contributed by atoms with Crippen molar-refractivity contribution in [3.8, 4) is 0 Å². The summed E-state index contributed by atoms with van der Waals surface area (Å²) in [5.41, 5.74) is 12.4. The van der Waals surface area contributed by atoms with Crippen LogP contribution in [0.15, 0.2) is 35.3 Å². The van der Waals surface area contributed by atoms with E-state index in [0.717, 1.165) is 5.56 Å². The van der Waals surface area contributed by atoms with Gasteiger partial charge < -0.3 is 51.3 Å². The number of amides is 4. The van der Waals surface area contributed by atoms with Gasteiger partial charge in [-0.1, -0.05) is 30.3 Å². The van der Waals surface area contributed by atoms with Crippen molar-refractivity contribution in [3.05, 3.63) is 35.9 Å². The van der Waals surface area contributed by atoms with E-state index in [9.17, 15) is 29.2 Å². The Morgan fingerprint density at radius 2 is 1.86 bits per heavy atom. The summed E-state index contributed by atoms with van der Waals surface area (Å²) in [6.07, 6.45) is 1.25. The van der Waals surface area contributed by atoms with Crippen molar-refractivity contribution in [2.75, 3.05) is 46.1 Å². The third-order valence-electron chi connectivity index (χ3n) is 6.56. The lowest BCUT2D eigenvalue weighted by Gasteiger charge is -2.27. The first kappa shape index (κ1) is 36.4. The summed E-state index contributed by atoms with van der Waals surface area (Å²) in [5, 5.41) is 26.4. The predicted octanol–water partition coefficient (Wildman–Crippen LogP) is -2.01. The summed E-state index contributed by atoms with van der Waals surface area (Å²) in [7, 11) is -1.62. The first-order valence-electron chi connectivity index (χ1n) is 14.5. The molecule has 16 nitrogen and oxygen atoms in total. The third kappa shape index (κ3) is 14.1. The molecule has 4 amide bonds. The van der Waals surface area contributed by atoms with Crippen LogP contribution in [-0.4, -0.2) is 116 Å². The average Bonchev–Trinajstić information content (AvgIpc) is 3.50. The zero-order chi connectivity index (χ0) is 32.3. The number of carbonyl (C=O) groups is 4. The Balaban J connectivity index is 1.46. The van der Waals surface area contributed by atoms with Crippen LogP contribution in [0.25, 0.3) is 0 Å². The van der Waals surface area contributed by atoms with Gasteiger partial charge in [-0.2, -0.15) is 0 Å². The number of carbonyl (C=O) groups excluding carboxylic acids is 4. The standard InChI is InChI=1S/C27H44BN7O9/c1-19(25(38)35-13-6-10-22(35)28(40)41)33-23(36)18-43-16-15-42-14-12-31-24(37)21(29)9-5-11-32-26(30)34-27(39)44-17-20-7-3-2-4-8-20/h2-4,7-8,19,21-22,40-41H,5-6,9-18,29H2,1H3,(H,31,37)(H,33,36)(H3,30,32,34,39)/t19-,21+,22?/m1/s1. The molecule has 1 aromatic carbocycles. The number of benzene rings is 1. The van der Waals surface area contributed by atoms with E-state index >= 15 is 0 Å². The lowest BCUT2D eigenvalue weighted by molar-refractivity contribution is -0.137. The molecule has 0 aliphatic carbocycles. The Hall–Kier alpha value is -3.77. The minimum absolute atomic E-state index is 0.0940. The molecule has 17 heteroatoms. The van der Waals surface area contributed by atoms with Crippen LogP contribution >= 0.6 is 0 Å². The van der Waals surface area contributed by atoms with Crippen LogP contribution in [-0.2, 0) is 35.2 Å². The minimum Gasteiger partial charge on any atom is -0.444 e. The first-order valence-corrected chi connectivity index (χ1v) is 14.5. The maximum Gasteiger partial charge on any atom is 0.475 e. The van der Waals surface area contributed by atoms with Crippen molar-refractivity contribution in [2.24, 2.45) is 16.5 Å². The highest BCUT2D eigenvalue weighted by atomic mass is 16.5. The highest BCUT2D eigenvalue weighted by Crippen LogP contribution is 2.19. The number of guanidine groups is 1. The number of nitrogens with one attached hydrogen (secondary N) is 3. The molecular weight excluding hydrogens is 577 g/mol. The Bertz CT molecular complexity index is 1080. The van der Waals surface area contributed by atoms with Crippen molar-refractivity contribution in [2.45, 2.75) is 57.2 Å². The lowest BCUT2D eigenvalue weighted by Crippen LogP contribution is -2.53. The summed E-state index contributed by atoms with van der Waals surface area (Å²) in [6.45, 7) is 2.76. The van der Waals surface area contributed by atoms with Crippen LogP contribution in [0.3, 0.4) is 0 Å². The zero-order valence-electron chi connectivity index (χ0n) is 25.0. The Labute approximate surface area is 257 Å². The van der Waals surface area contributed by atoms with Crippen LogP contribution in [0.5, 0.6) is 0 Å². The van der Waals surface area contributed by atoms with Gasteiger partial charge in [-0.05, 0) is 38.2 Å². The van der Waals surface area contributed by atoms with E-state index in [4.69, 9.17) is 25.7 Å². The van der Waals surface area contributed by atoms with E-state index in [-0.39, 0.29) is 63.9 Å². The highest BCUT2D eigenvalue weighted by Gasteiger charge is 2.38.